The lowest BCUT2D eigenvalue weighted by Crippen LogP contribution is -2.25. The summed E-state index contributed by atoms with van der Waals surface area (Å²) in [6.45, 7) is 5.93. The molecule has 2 N–H and O–H groups in total. The molecule has 0 radical (unpaired) electrons. The standard InChI is InChI=1S/C17H18ClN3S/c1-11-7-9-14(10-8-11)13(3)20-21-17(22)19-16-6-4-5-15(18)12(16)2/h4-10H,1-3H3,(H2,19,21,22)/b20-13-. The Hall–Kier alpha value is -1.91. The van der Waals surface area contributed by atoms with E-state index < -0.39 is 0 Å². The number of anilines is 1. The number of benzene rings is 2. The van der Waals surface area contributed by atoms with Gasteiger partial charge in [0.25, 0.3) is 0 Å². The zero-order chi connectivity index (χ0) is 16.1. The maximum atomic E-state index is 6.09. The largest absolute Gasteiger partial charge is 0.331 e. The summed E-state index contributed by atoms with van der Waals surface area (Å²) in [5, 5.41) is 8.53. The van der Waals surface area contributed by atoms with Gasteiger partial charge in [-0.3, -0.25) is 5.43 Å². The van der Waals surface area contributed by atoms with Crippen molar-refractivity contribution in [1.82, 2.24) is 5.43 Å². The first-order valence-corrected chi connectivity index (χ1v) is 7.69. The second-order valence-electron chi connectivity index (χ2n) is 5.04. The molecule has 5 heteroatoms. The van der Waals surface area contributed by atoms with Crippen LogP contribution in [0.3, 0.4) is 0 Å². The number of nitrogens with one attached hydrogen (secondary N) is 2. The molecule has 0 spiro atoms. The molecule has 0 saturated heterocycles. The fourth-order valence-corrected chi connectivity index (χ4v) is 2.22. The normalized spacial score (nSPS) is 11.2. The van der Waals surface area contributed by atoms with Crippen molar-refractivity contribution in [1.29, 1.82) is 0 Å². The molecule has 0 aliphatic carbocycles. The number of halogens is 1. The smallest absolute Gasteiger partial charge is 0.191 e. The fraction of sp³-hybridized carbons (Fsp3) is 0.176. The minimum Gasteiger partial charge on any atom is -0.331 e. The van der Waals surface area contributed by atoms with Crippen molar-refractivity contribution >= 4 is 40.3 Å². The lowest BCUT2D eigenvalue weighted by atomic mass is 10.1. The number of rotatable bonds is 3. The maximum Gasteiger partial charge on any atom is 0.191 e. The Labute approximate surface area is 141 Å². The van der Waals surface area contributed by atoms with E-state index in [0.29, 0.717) is 10.1 Å². The van der Waals surface area contributed by atoms with Crippen LogP contribution < -0.4 is 10.7 Å². The zero-order valence-corrected chi connectivity index (χ0v) is 14.3. The Balaban J connectivity index is 2.01. The van der Waals surface area contributed by atoms with Crippen LogP contribution >= 0.6 is 23.8 Å². The van der Waals surface area contributed by atoms with E-state index in [2.05, 4.69) is 34.9 Å². The van der Waals surface area contributed by atoms with E-state index >= 15 is 0 Å². The summed E-state index contributed by atoms with van der Waals surface area (Å²) in [5.41, 5.74) is 7.82. The summed E-state index contributed by atoms with van der Waals surface area (Å²) in [5.74, 6) is 0. The van der Waals surface area contributed by atoms with Gasteiger partial charge in [0.15, 0.2) is 5.11 Å². The lowest BCUT2D eigenvalue weighted by molar-refractivity contribution is 1.04. The van der Waals surface area contributed by atoms with E-state index in [1.807, 2.05) is 44.2 Å². The van der Waals surface area contributed by atoms with Crippen LogP contribution in [-0.2, 0) is 0 Å². The maximum absolute atomic E-state index is 6.09. The summed E-state index contributed by atoms with van der Waals surface area (Å²) < 4.78 is 0. The van der Waals surface area contributed by atoms with Crippen molar-refractivity contribution in [3.05, 3.63) is 64.2 Å². The minimum absolute atomic E-state index is 0.428. The van der Waals surface area contributed by atoms with Crippen LogP contribution in [0, 0.1) is 13.8 Å². The van der Waals surface area contributed by atoms with Gasteiger partial charge in [-0.05, 0) is 56.2 Å². The van der Waals surface area contributed by atoms with E-state index in [9.17, 15) is 0 Å². The van der Waals surface area contributed by atoms with Gasteiger partial charge >= 0.3 is 0 Å². The van der Waals surface area contributed by atoms with Crippen LogP contribution in [0.2, 0.25) is 5.02 Å². The SMILES string of the molecule is C/C(=N/NC(=S)Nc1cccc(Cl)c1C)c1ccc(C)cc1. The molecule has 0 amide bonds. The van der Waals surface area contributed by atoms with Gasteiger partial charge in [0.1, 0.15) is 0 Å². The molecule has 22 heavy (non-hydrogen) atoms. The molecule has 0 heterocycles. The van der Waals surface area contributed by atoms with Gasteiger partial charge < -0.3 is 5.32 Å². The molecule has 0 aromatic heterocycles. The van der Waals surface area contributed by atoms with Crippen LogP contribution in [0.25, 0.3) is 0 Å². The molecule has 0 unspecified atom stereocenters. The van der Waals surface area contributed by atoms with Gasteiger partial charge in [0.2, 0.25) is 0 Å². The van der Waals surface area contributed by atoms with Crippen molar-refractivity contribution in [2.24, 2.45) is 5.10 Å². The highest BCUT2D eigenvalue weighted by Gasteiger charge is 2.04. The Morgan fingerprint density at radius 3 is 2.45 bits per heavy atom. The first kappa shape index (κ1) is 16.5. The number of hydrogen-bond donors (Lipinski definition) is 2. The monoisotopic (exact) mass is 331 g/mol. The third-order valence-electron chi connectivity index (χ3n) is 3.31. The molecule has 0 atom stereocenters. The quantitative estimate of drug-likeness (QED) is 0.487. The summed E-state index contributed by atoms with van der Waals surface area (Å²) >= 11 is 11.3. The first-order chi connectivity index (χ1) is 10.5. The average Bonchev–Trinajstić information content (AvgIpc) is 2.50. The molecule has 114 valence electrons. The van der Waals surface area contributed by atoms with E-state index in [-0.39, 0.29) is 0 Å². The van der Waals surface area contributed by atoms with Gasteiger partial charge in [-0.15, -0.1) is 0 Å². The third kappa shape index (κ3) is 4.29. The number of hydrazone groups is 1. The Bertz CT molecular complexity index is 708. The molecule has 0 aliphatic heterocycles. The van der Waals surface area contributed by atoms with E-state index in [1.54, 1.807) is 0 Å². The first-order valence-electron chi connectivity index (χ1n) is 6.91. The second kappa shape index (κ2) is 7.38. The molecule has 0 fully saturated rings. The van der Waals surface area contributed by atoms with Crippen LogP contribution in [0.1, 0.15) is 23.6 Å². The number of hydrogen-bond acceptors (Lipinski definition) is 2. The Kier molecular flexibility index (Phi) is 5.52. The Morgan fingerprint density at radius 2 is 1.77 bits per heavy atom. The molecule has 0 aliphatic rings. The second-order valence-corrected chi connectivity index (χ2v) is 5.86. The van der Waals surface area contributed by atoms with Crippen LogP contribution in [0.5, 0.6) is 0 Å². The predicted octanol–water partition coefficient (Wildman–Crippen LogP) is 4.67. The molecule has 0 bridgehead atoms. The number of nitrogens with zero attached hydrogens (tertiary/aromatic N) is 1. The highest BCUT2D eigenvalue weighted by atomic mass is 35.5. The summed E-state index contributed by atoms with van der Waals surface area (Å²) in [6.07, 6.45) is 0. The van der Waals surface area contributed by atoms with Crippen molar-refractivity contribution in [3.63, 3.8) is 0 Å². The van der Waals surface area contributed by atoms with Gasteiger partial charge in [0.05, 0.1) is 5.71 Å². The van der Waals surface area contributed by atoms with Crippen molar-refractivity contribution < 1.29 is 0 Å². The number of thiocarbonyl (C=S) groups is 1. The molecular weight excluding hydrogens is 314 g/mol. The summed E-state index contributed by atoms with van der Waals surface area (Å²) in [7, 11) is 0. The van der Waals surface area contributed by atoms with E-state index in [0.717, 1.165) is 22.5 Å². The Morgan fingerprint density at radius 1 is 1.09 bits per heavy atom. The highest BCUT2D eigenvalue weighted by molar-refractivity contribution is 7.80. The molecular formula is C17H18ClN3S. The van der Waals surface area contributed by atoms with Crippen LogP contribution in [0.15, 0.2) is 47.6 Å². The van der Waals surface area contributed by atoms with E-state index in [4.69, 9.17) is 23.8 Å². The van der Waals surface area contributed by atoms with Crippen molar-refractivity contribution in [2.75, 3.05) is 5.32 Å². The highest BCUT2D eigenvalue weighted by Crippen LogP contribution is 2.22. The van der Waals surface area contributed by atoms with Gasteiger partial charge in [-0.1, -0.05) is 47.5 Å². The lowest BCUT2D eigenvalue weighted by Gasteiger charge is -2.11. The molecule has 3 nitrogen and oxygen atoms in total. The third-order valence-corrected chi connectivity index (χ3v) is 3.91. The molecule has 0 saturated carbocycles. The van der Waals surface area contributed by atoms with E-state index in [1.165, 1.54) is 5.56 Å². The number of aryl methyl sites for hydroxylation is 1. The van der Waals surface area contributed by atoms with Gasteiger partial charge in [0, 0.05) is 10.7 Å². The van der Waals surface area contributed by atoms with Crippen LogP contribution in [-0.4, -0.2) is 10.8 Å². The average molecular weight is 332 g/mol. The van der Waals surface area contributed by atoms with Crippen LogP contribution in [0.4, 0.5) is 5.69 Å². The van der Waals surface area contributed by atoms with Crippen molar-refractivity contribution in [3.8, 4) is 0 Å². The molecule has 2 aromatic rings. The molecule has 2 aromatic carbocycles. The topological polar surface area (TPSA) is 36.4 Å². The predicted molar refractivity (Wildman–Crippen MR) is 98.9 cm³/mol. The molecule has 2 rings (SSSR count). The summed E-state index contributed by atoms with van der Waals surface area (Å²) in [4.78, 5) is 0. The zero-order valence-electron chi connectivity index (χ0n) is 12.8. The van der Waals surface area contributed by atoms with Gasteiger partial charge in [-0.25, -0.2) is 0 Å². The van der Waals surface area contributed by atoms with Crippen molar-refractivity contribution in [2.45, 2.75) is 20.8 Å². The summed E-state index contributed by atoms with van der Waals surface area (Å²) in [6, 6.07) is 13.8. The van der Waals surface area contributed by atoms with Gasteiger partial charge in [-0.2, -0.15) is 5.10 Å². The fourth-order valence-electron chi connectivity index (χ4n) is 1.89. The minimum atomic E-state index is 0.428.